The number of halogens is 1. The van der Waals surface area contributed by atoms with E-state index in [9.17, 15) is 9.59 Å². The van der Waals surface area contributed by atoms with E-state index in [1.54, 1.807) is 0 Å². The number of unbranched alkanes of at least 4 members (excludes halogenated alkanes) is 1. The van der Waals surface area contributed by atoms with Gasteiger partial charge in [-0.25, -0.2) is 0 Å². The smallest absolute Gasteiger partial charge is 0.303 e. The van der Waals surface area contributed by atoms with Gasteiger partial charge < -0.3 is 44.0 Å². The maximum atomic E-state index is 12.5. The standard InChI is InChI=1S/C17H30N6O4.ClH/c18-8-2-1-3-12(19)16-22-23-17(27-16)13(4-5-14(24)25)21-15(26)11-6-9-20-10-7-11;/h11-13,20H,1-10,18-19H2,(H,21,26)(H,24,25);1H/p-1/t12-,13-;/m0./s1. The lowest BCUT2D eigenvalue weighted by Gasteiger charge is -2.24. The third-order valence-electron chi connectivity index (χ3n) is 4.71. The highest BCUT2D eigenvalue weighted by Gasteiger charge is 2.27. The van der Waals surface area contributed by atoms with Gasteiger partial charge in [0.05, 0.1) is 6.04 Å². The molecule has 0 bridgehead atoms. The molecule has 1 saturated heterocycles. The van der Waals surface area contributed by atoms with E-state index >= 15 is 0 Å². The Bertz CT molecular complexity index is 608. The van der Waals surface area contributed by atoms with E-state index in [1.165, 1.54) is 0 Å². The SMILES string of the molecule is NCCCC[C@H](N)c1nnc([C@H](CCC(=O)O)NC(=O)C2CCNCC2)o1.[Cl-]. The minimum absolute atomic E-state index is 0. The van der Waals surface area contributed by atoms with Crippen molar-refractivity contribution in [1.82, 2.24) is 20.8 Å². The third kappa shape index (κ3) is 7.70. The number of rotatable bonds is 11. The van der Waals surface area contributed by atoms with Crippen LogP contribution in [-0.4, -0.2) is 46.8 Å². The maximum absolute atomic E-state index is 12.5. The summed E-state index contributed by atoms with van der Waals surface area (Å²) in [5.74, 6) is -0.672. The fraction of sp³-hybridized carbons (Fsp3) is 0.765. The summed E-state index contributed by atoms with van der Waals surface area (Å²) in [6.07, 6.45) is 3.94. The molecule has 28 heavy (non-hydrogen) atoms. The first kappa shape index (κ1) is 24.3. The second-order valence-corrected chi connectivity index (χ2v) is 6.89. The van der Waals surface area contributed by atoms with Crippen molar-refractivity contribution < 1.29 is 31.5 Å². The van der Waals surface area contributed by atoms with Crippen LogP contribution in [0.2, 0.25) is 0 Å². The van der Waals surface area contributed by atoms with Crippen molar-refractivity contribution in [3.05, 3.63) is 11.8 Å². The highest BCUT2D eigenvalue weighted by atomic mass is 35.5. The Kier molecular flexibility index (Phi) is 11.0. The van der Waals surface area contributed by atoms with Crippen molar-refractivity contribution in [2.75, 3.05) is 19.6 Å². The van der Waals surface area contributed by atoms with E-state index in [4.69, 9.17) is 21.0 Å². The summed E-state index contributed by atoms with van der Waals surface area (Å²) >= 11 is 0. The van der Waals surface area contributed by atoms with Crippen LogP contribution in [0.25, 0.3) is 0 Å². The van der Waals surface area contributed by atoms with Gasteiger partial charge in [0.15, 0.2) is 0 Å². The van der Waals surface area contributed by atoms with E-state index < -0.39 is 18.1 Å². The molecule has 0 aliphatic carbocycles. The van der Waals surface area contributed by atoms with Gasteiger partial charge in [-0.15, -0.1) is 10.2 Å². The quantitative estimate of drug-likeness (QED) is 0.239. The molecule has 1 aliphatic rings. The minimum atomic E-state index is -0.950. The number of nitrogens with two attached hydrogens (primary N) is 2. The minimum Gasteiger partial charge on any atom is -1.00 e. The summed E-state index contributed by atoms with van der Waals surface area (Å²) in [5, 5.41) is 23.1. The summed E-state index contributed by atoms with van der Waals surface area (Å²) in [6.45, 7) is 2.18. The van der Waals surface area contributed by atoms with E-state index in [1.807, 2.05) is 0 Å². The van der Waals surface area contributed by atoms with E-state index in [0.717, 1.165) is 38.8 Å². The lowest BCUT2D eigenvalue weighted by atomic mass is 9.96. The molecule has 7 N–H and O–H groups in total. The number of carbonyl (C=O) groups excluding carboxylic acids is 1. The van der Waals surface area contributed by atoms with Gasteiger partial charge in [-0.05, 0) is 51.7 Å². The fourth-order valence-corrected chi connectivity index (χ4v) is 3.07. The predicted octanol–water partition coefficient (Wildman–Crippen LogP) is -2.78. The zero-order chi connectivity index (χ0) is 19.6. The van der Waals surface area contributed by atoms with Crippen LogP contribution in [0.4, 0.5) is 0 Å². The number of amides is 1. The number of hydrogen-bond donors (Lipinski definition) is 5. The molecule has 0 spiro atoms. The zero-order valence-corrected chi connectivity index (χ0v) is 16.7. The van der Waals surface area contributed by atoms with Crippen molar-refractivity contribution in [3.8, 4) is 0 Å². The first-order valence-corrected chi connectivity index (χ1v) is 9.53. The van der Waals surface area contributed by atoms with Gasteiger partial charge in [0.1, 0.15) is 6.04 Å². The molecule has 1 amide bonds. The summed E-state index contributed by atoms with van der Waals surface area (Å²) in [5.41, 5.74) is 11.5. The Balaban J connectivity index is 0.00000392. The average Bonchev–Trinajstić information content (AvgIpc) is 3.15. The molecule has 0 radical (unpaired) electrons. The number of carboxylic acids is 1. The lowest BCUT2D eigenvalue weighted by molar-refractivity contribution is -0.137. The van der Waals surface area contributed by atoms with Gasteiger partial charge in [-0.1, -0.05) is 6.42 Å². The number of piperidine rings is 1. The first-order valence-electron chi connectivity index (χ1n) is 9.53. The second kappa shape index (κ2) is 12.7. The van der Waals surface area contributed by atoms with Gasteiger partial charge in [0, 0.05) is 12.3 Å². The van der Waals surface area contributed by atoms with Gasteiger partial charge in [0.25, 0.3) is 0 Å². The van der Waals surface area contributed by atoms with Crippen molar-refractivity contribution >= 4 is 11.9 Å². The number of nitrogens with zero attached hydrogens (tertiary/aromatic N) is 2. The van der Waals surface area contributed by atoms with Crippen LogP contribution in [0.3, 0.4) is 0 Å². The largest absolute Gasteiger partial charge is 1.00 e. The number of carbonyl (C=O) groups is 2. The lowest BCUT2D eigenvalue weighted by Crippen LogP contribution is -3.00. The molecule has 11 heteroatoms. The first-order chi connectivity index (χ1) is 13.0. The Morgan fingerprint density at radius 1 is 1.21 bits per heavy atom. The molecule has 160 valence electrons. The van der Waals surface area contributed by atoms with Crippen LogP contribution in [0.1, 0.15) is 68.8 Å². The highest BCUT2D eigenvalue weighted by Crippen LogP contribution is 2.23. The molecule has 2 rings (SSSR count). The number of hydrogen-bond acceptors (Lipinski definition) is 8. The molecule has 0 unspecified atom stereocenters. The van der Waals surface area contributed by atoms with Crippen molar-refractivity contribution in [3.63, 3.8) is 0 Å². The summed E-state index contributed by atoms with van der Waals surface area (Å²) < 4.78 is 5.66. The normalized spacial score (nSPS) is 16.8. The van der Waals surface area contributed by atoms with Crippen LogP contribution >= 0.6 is 0 Å². The van der Waals surface area contributed by atoms with Crippen LogP contribution in [0.5, 0.6) is 0 Å². The Morgan fingerprint density at radius 3 is 2.54 bits per heavy atom. The van der Waals surface area contributed by atoms with E-state index in [2.05, 4.69) is 20.8 Å². The Labute approximate surface area is 170 Å². The average molecular weight is 418 g/mol. The molecular formula is C17H30ClN6O4-. The molecule has 2 atom stereocenters. The number of aromatic nitrogens is 2. The number of carboxylic acid groups (broad SMARTS) is 1. The molecular weight excluding hydrogens is 388 g/mol. The van der Waals surface area contributed by atoms with Crippen LogP contribution < -0.4 is 34.5 Å². The van der Waals surface area contributed by atoms with Crippen molar-refractivity contribution in [2.45, 2.75) is 57.0 Å². The van der Waals surface area contributed by atoms with E-state index in [0.29, 0.717) is 18.9 Å². The molecule has 1 fully saturated rings. The Hall–Kier alpha value is -1.75. The molecule has 1 aromatic rings. The molecule has 10 nitrogen and oxygen atoms in total. The maximum Gasteiger partial charge on any atom is 0.303 e. The van der Waals surface area contributed by atoms with Crippen LogP contribution in [-0.2, 0) is 9.59 Å². The topological polar surface area (TPSA) is 169 Å². The van der Waals surface area contributed by atoms with Gasteiger partial charge in [0.2, 0.25) is 17.7 Å². The van der Waals surface area contributed by atoms with Crippen molar-refractivity contribution in [2.24, 2.45) is 17.4 Å². The fourth-order valence-electron chi connectivity index (χ4n) is 3.07. The monoisotopic (exact) mass is 417 g/mol. The molecule has 0 saturated carbocycles. The highest BCUT2D eigenvalue weighted by molar-refractivity contribution is 5.79. The van der Waals surface area contributed by atoms with Crippen LogP contribution in [0.15, 0.2) is 4.42 Å². The Morgan fingerprint density at radius 2 is 1.89 bits per heavy atom. The molecule has 1 aliphatic heterocycles. The zero-order valence-electron chi connectivity index (χ0n) is 15.9. The number of nitrogens with one attached hydrogen (secondary N) is 2. The van der Waals surface area contributed by atoms with E-state index in [-0.39, 0.29) is 43.0 Å². The number of aliphatic carboxylic acids is 1. The summed E-state index contributed by atoms with van der Waals surface area (Å²) in [6, 6.07) is -1.04. The van der Waals surface area contributed by atoms with Gasteiger partial charge in [-0.2, -0.15) is 0 Å². The molecule has 1 aromatic heterocycles. The predicted molar refractivity (Wildman–Crippen MR) is 97.5 cm³/mol. The summed E-state index contributed by atoms with van der Waals surface area (Å²) in [4.78, 5) is 23.5. The van der Waals surface area contributed by atoms with Crippen LogP contribution in [0, 0.1) is 5.92 Å². The third-order valence-corrected chi connectivity index (χ3v) is 4.71. The summed E-state index contributed by atoms with van der Waals surface area (Å²) in [7, 11) is 0. The van der Waals surface area contributed by atoms with Gasteiger partial charge >= 0.3 is 5.97 Å². The molecule has 2 heterocycles. The molecule has 0 aromatic carbocycles. The van der Waals surface area contributed by atoms with Crippen molar-refractivity contribution in [1.29, 1.82) is 0 Å². The second-order valence-electron chi connectivity index (χ2n) is 6.89. The van der Waals surface area contributed by atoms with Gasteiger partial charge in [-0.3, -0.25) is 9.59 Å².